The van der Waals surface area contributed by atoms with E-state index in [-0.39, 0.29) is 44.1 Å². The number of methoxy groups -OCH3 is 1. The van der Waals surface area contributed by atoms with Gasteiger partial charge in [-0.3, -0.25) is 9.79 Å². The lowest BCUT2D eigenvalue weighted by Crippen LogP contribution is -2.46. The van der Waals surface area contributed by atoms with Crippen LogP contribution in [0, 0.1) is 0 Å². The minimum Gasteiger partial charge on any atom is -0.495 e. The number of hydrogen-bond donors (Lipinski definition) is 2. The van der Waals surface area contributed by atoms with E-state index in [0.29, 0.717) is 16.3 Å². The van der Waals surface area contributed by atoms with Crippen molar-refractivity contribution in [2.45, 2.75) is 31.5 Å². The molecule has 1 heterocycles. The fraction of sp³-hybridized carbons (Fsp3) is 0.474. The number of alkyl halides is 3. The highest BCUT2D eigenvalue weighted by molar-refractivity contribution is 6.43. The summed E-state index contributed by atoms with van der Waals surface area (Å²) >= 11 is 11.6. The van der Waals surface area contributed by atoms with Crippen molar-refractivity contribution in [1.29, 1.82) is 0 Å². The number of piperidine rings is 1. The summed E-state index contributed by atoms with van der Waals surface area (Å²) in [5, 5.41) is 10.7. The summed E-state index contributed by atoms with van der Waals surface area (Å²) in [5.41, 5.74) is 2.80. The smallest absolute Gasteiger partial charge is 0.432 e. The molecule has 1 saturated heterocycles. The minimum atomic E-state index is -4.78. The summed E-state index contributed by atoms with van der Waals surface area (Å²) in [6.07, 6.45) is -4.23. The fourth-order valence-electron chi connectivity index (χ4n) is 3.04. The Morgan fingerprint density at radius 3 is 2.50 bits per heavy atom. The number of carbonyl (C=O) groups excluding carboxylic acids is 1. The van der Waals surface area contributed by atoms with Crippen LogP contribution in [0.5, 0.6) is 5.75 Å². The SMILES string of the molecule is COc1cc(C2(O)CCN(C(=O)CN=C(C)C(Cl)=C(N)C(F)(F)F)CC2)ccc1Cl. The number of allylic oxidation sites excluding steroid dienone is 2. The Morgan fingerprint density at radius 1 is 1.37 bits per heavy atom. The van der Waals surface area contributed by atoms with Gasteiger partial charge in [0.2, 0.25) is 5.91 Å². The highest BCUT2D eigenvalue weighted by Gasteiger charge is 2.36. The van der Waals surface area contributed by atoms with Gasteiger partial charge < -0.3 is 20.5 Å². The van der Waals surface area contributed by atoms with Gasteiger partial charge in [-0.25, -0.2) is 0 Å². The summed E-state index contributed by atoms with van der Waals surface area (Å²) in [6.45, 7) is 1.38. The number of halogens is 5. The third kappa shape index (κ3) is 5.59. The van der Waals surface area contributed by atoms with Gasteiger partial charge in [0.1, 0.15) is 18.0 Å². The van der Waals surface area contributed by atoms with Crippen LogP contribution in [0.15, 0.2) is 33.9 Å². The van der Waals surface area contributed by atoms with Crippen LogP contribution in [-0.4, -0.2) is 54.5 Å². The van der Waals surface area contributed by atoms with E-state index < -0.39 is 22.5 Å². The lowest BCUT2D eigenvalue weighted by atomic mass is 9.84. The molecule has 0 unspecified atom stereocenters. The van der Waals surface area contributed by atoms with Crippen molar-refractivity contribution >= 4 is 34.8 Å². The van der Waals surface area contributed by atoms with Gasteiger partial charge in [-0.2, -0.15) is 13.2 Å². The molecule has 1 aromatic rings. The van der Waals surface area contributed by atoms with Crippen molar-refractivity contribution in [2.24, 2.45) is 10.7 Å². The van der Waals surface area contributed by atoms with Crippen molar-refractivity contribution < 1.29 is 27.8 Å². The molecule has 0 saturated carbocycles. The number of ether oxygens (including phenoxy) is 1. The number of nitrogens with two attached hydrogens (primary N) is 1. The lowest BCUT2D eigenvalue weighted by Gasteiger charge is -2.38. The summed E-state index contributed by atoms with van der Waals surface area (Å²) in [7, 11) is 1.47. The van der Waals surface area contributed by atoms with Gasteiger partial charge in [-0.05, 0) is 37.5 Å². The summed E-state index contributed by atoms with van der Waals surface area (Å²) in [6, 6.07) is 4.99. The van der Waals surface area contributed by atoms with Crippen LogP contribution in [0.3, 0.4) is 0 Å². The molecule has 1 aliphatic rings. The number of carbonyl (C=O) groups is 1. The van der Waals surface area contributed by atoms with Gasteiger partial charge in [-0.1, -0.05) is 29.3 Å². The number of amides is 1. The Morgan fingerprint density at radius 2 is 1.97 bits per heavy atom. The van der Waals surface area contributed by atoms with Gasteiger partial charge in [0.25, 0.3) is 0 Å². The molecule has 3 N–H and O–H groups in total. The predicted octanol–water partition coefficient (Wildman–Crippen LogP) is 3.59. The molecule has 0 atom stereocenters. The monoisotopic (exact) mass is 467 g/mol. The zero-order chi connectivity index (χ0) is 22.7. The highest BCUT2D eigenvalue weighted by atomic mass is 35.5. The maximum absolute atomic E-state index is 12.6. The number of benzene rings is 1. The molecular weight excluding hydrogens is 446 g/mol. The van der Waals surface area contributed by atoms with Crippen LogP contribution in [0.1, 0.15) is 25.3 Å². The van der Waals surface area contributed by atoms with E-state index in [4.69, 9.17) is 33.7 Å². The van der Waals surface area contributed by atoms with Gasteiger partial charge in [0.15, 0.2) is 0 Å². The van der Waals surface area contributed by atoms with Gasteiger partial charge >= 0.3 is 6.18 Å². The summed E-state index contributed by atoms with van der Waals surface area (Å²) in [5.74, 6) is 0.0501. The molecule has 1 aromatic carbocycles. The van der Waals surface area contributed by atoms with Crippen molar-refractivity contribution in [3.05, 3.63) is 39.5 Å². The van der Waals surface area contributed by atoms with Crippen LogP contribution >= 0.6 is 23.2 Å². The maximum Gasteiger partial charge on any atom is 0.432 e. The number of likely N-dealkylation sites (tertiary alicyclic amines) is 1. The second-order valence-corrected chi connectivity index (χ2v) is 7.67. The molecule has 0 radical (unpaired) electrons. The normalized spacial score (nSPS) is 18.1. The van der Waals surface area contributed by atoms with Crippen LogP contribution in [-0.2, 0) is 10.4 Å². The fourth-order valence-corrected chi connectivity index (χ4v) is 3.40. The Labute approximate surface area is 182 Å². The van der Waals surface area contributed by atoms with Crippen molar-refractivity contribution in [1.82, 2.24) is 4.90 Å². The topological polar surface area (TPSA) is 88.2 Å². The molecule has 0 aliphatic carbocycles. The van der Waals surface area contributed by atoms with E-state index in [0.717, 1.165) is 0 Å². The first kappa shape index (κ1) is 24.3. The van der Waals surface area contributed by atoms with Crippen molar-refractivity contribution in [3.8, 4) is 5.75 Å². The second kappa shape index (κ2) is 9.45. The van der Waals surface area contributed by atoms with Gasteiger partial charge in [-0.15, -0.1) is 0 Å². The zero-order valence-electron chi connectivity index (χ0n) is 16.4. The van der Waals surface area contributed by atoms with Crippen molar-refractivity contribution in [2.75, 3.05) is 26.7 Å². The summed E-state index contributed by atoms with van der Waals surface area (Å²) < 4.78 is 43.0. The van der Waals surface area contributed by atoms with Gasteiger partial charge in [0, 0.05) is 13.1 Å². The Balaban J connectivity index is 2.02. The molecule has 1 fully saturated rings. The lowest BCUT2D eigenvalue weighted by molar-refractivity contribution is -0.134. The molecule has 30 heavy (non-hydrogen) atoms. The van der Waals surface area contributed by atoms with E-state index in [9.17, 15) is 23.1 Å². The molecule has 0 bridgehead atoms. The quantitative estimate of drug-likeness (QED) is 0.647. The number of hydrogen-bond acceptors (Lipinski definition) is 5. The highest BCUT2D eigenvalue weighted by Crippen LogP contribution is 2.36. The predicted molar refractivity (Wildman–Crippen MR) is 109 cm³/mol. The van der Waals surface area contributed by atoms with Crippen LogP contribution in [0.25, 0.3) is 0 Å². The molecule has 0 aromatic heterocycles. The van der Waals surface area contributed by atoms with Crippen LogP contribution in [0.2, 0.25) is 5.02 Å². The first-order valence-electron chi connectivity index (χ1n) is 8.97. The number of aliphatic imine (C=N–C) groups is 1. The number of nitrogens with zero attached hydrogens (tertiary/aromatic N) is 2. The third-order valence-electron chi connectivity index (χ3n) is 4.94. The standard InChI is InChI=1S/C19H22Cl2F3N3O3/c1-11(16(21)17(25)19(22,23)24)26-10-15(28)27-7-5-18(29,6-8-27)12-3-4-13(20)14(9-12)30-2/h3-4,9,29H,5-8,10,25H2,1-2H3. The van der Waals surface area contributed by atoms with E-state index in [1.807, 2.05) is 0 Å². The molecule has 11 heteroatoms. The second-order valence-electron chi connectivity index (χ2n) is 6.89. The summed E-state index contributed by atoms with van der Waals surface area (Å²) in [4.78, 5) is 17.7. The Hall–Kier alpha value is -1.97. The molecule has 1 aliphatic heterocycles. The molecular formula is C19H22Cl2F3N3O3. The average molecular weight is 468 g/mol. The van der Waals surface area contributed by atoms with Crippen molar-refractivity contribution in [3.63, 3.8) is 0 Å². The Bertz CT molecular complexity index is 864. The first-order valence-corrected chi connectivity index (χ1v) is 9.72. The van der Waals surface area contributed by atoms with E-state index in [1.54, 1.807) is 18.2 Å². The zero-order valence-corrected chi connectivity index (χ0v) is 17.9. The van der Waals surface area contributed by atoms with Crippen LogP contribution in [0.4, 0.5) is 13.2 Å². The maximum atomic E-state index is 12.6. The molecule has 2 rings (SSSR count). The largest absolute Gasteiger partial charge is 0.495 e. The number of rotatable bonds is 5. The molecule has 166 valence electrons. The molecule has 6 nitrogen and oxygen atoms in total. The van der Waals surface area contributed by atoms with E-state index >= 15 is 0 Å². The average Bonchev–Trinajstić information content (AvgIpc) is 2.70. The van der Waals surface area contributed by atoms with E-state index in [1.165, 1.54) is 18.9 Å². The molecule has 0 spiro atoms. The number of aliphatic hydroxyl groups is 1. The van der Waals surface area contributed by atoms with Crippen LogP contribution < -0.4 is 10.5 Å². The minimum absolute atomic E-state index is 0.179. The first-order chi connectivity index (χ1) is 13.9. The van der Waals surface area contributed by atoms with Gasteiger partial charge in [0.05, 0.1) is 28.5 Å². The Kier molecular flexibility index (Phi) is 7.65. The van der Waals surface area contributed by atoms with E-state index in [2.05, 4.69) is 4.99 Å². The molecule has 1 amide bonds. The third-order valence-corrected chi connectivity index (χ3v) is 5.73.